The summed E-state index contributed by atoms with van der Waals surface area (Å²) in [5.74, 6) is 0.530. The van der Waals surface area contributed by atoms with Crippen molar-refractivity contribution in [2.45, 2.75) is 40.2 Å². The van der Waals surface area contributed by atoms with Crippen LogP contribution in [0.3, 0.4) is 0 Å². The fourth-order valence-corrected chi connectivity index (χ4v) is 1.61. The maximum absolute atomic E-state index is 11.4. The first-order valence-electron chi connectivity index (χ1n) is 5.94. The van der Waals surface area contributed by atoms with Crippen LogP contribution in [0.5, 0.6) is 0 Å². The van der Waals surface area contributed by atoms with Gasteiger partial charge in [-0.1, -0.05) is 11.6 Å². The van der Waals surface area contributed by atoms with Crippen molar-refractivity contribution in [1.82, 2.24) is 15.3 Å². The third-order valence-corrected chi connectivity index (χ3v) is 2.62. The number of hydrogen-bond donors (Lipinski definition) is 2. The third kappa shape index (κ3) is 4.49. The molecular formula is C12H19ClN4O. The number of aryl methyl sites for hydroxylation is 2. The molecule has 1 rings (SSSR count). The van der Waals surface area contributed by atoms with Crippen LogP contribution in [-0.4, -0.2) is 28.5 Å². The van der Waals surface area contributed by atoms with Crippen molar-refractivity contribution in [1.29, 1.82) is 0 Å². The van der Waals surface area contributed by atoms with E-state index in [0.717, 1.165) is 11.4 Å². The summed E-state index contributed by atoms with van der Waals surface area (Å²) in [5.41, 5.74) is 1.64. The first-order chi connectivity index (χ1) is 8.40. The fraction of sp³-hybridized carbons (Fsp3) is 0.583. The summed E-state index contributed by atoms with van der Waals surface area (Å²) in [4.78, 5) is 19.9. The van der Waals surface area contributed by atoms with Crippen LogP contribution in [0.4, 0.5) is 5.82 Å². The highest BCUT2D eigenvalue weighted by Crippen LogP contribution is 2.18. The number of carbonyl (C=O) groups is 1. The van der Waals surface area contributed by atoms with Crippen LogP contribution in [0.2, 0.25) is 5.15 Å². The lowest BCUT2D eigenvalue weighted by atomic mass is 10.3. The van der Waals surface area contributed by atoms with Gasteiger partial charge in [-0.15, -0.1) is 0 Å². The van der Waals surface area contributed by atoms with E-state index in [2.05, 4.69) is 20.6 Å². The number of amides is 1. The molecule has 1 heterocycles. The number of hydrogen-bond acceptors (Lipinski definition) is 4. The second-order valence-corrected chi connectivity index (χ2v) is 4.79. The van der Waals surface area contributed by atoms with Gasteiger partial charge in [0.25, 0.3) is 0 Å². The van der Waals surface area contributed by atoms with Crippen molar-refractivity contribution in [2.75, 3.05) is 11.9 Å². The summed E-state index contributed by atoms with van der Waals surface area (Å²) in [6.07, 6.45) is 0.378. The Balaban J connectivity index is 2.49. The summed E-state index contributed by atoms with van der Waals surface area (Å²) >= 11 is 5.96. The van der Waals surface area contributed by atoms with Crippen molar-refractivity contribution in [3.05, 3.63) is 16.5 Å². The van der Waals surface area contributed by atoms with Gasteiger partial charge in [-0.05, 0) is 27.7 Å². The first kappa shape index (κ1) is 14.7. The molecule has 0 aliphatic heterocycles. The van der Waals surface area contributed by atoms with Gasteiger partial charge in [0, 0.05) is 19.0 Å². The standard InChI is InChI=1S/C12H19ClN4O/c1-7(2)15-10(18)5-6-14-12-11(13)16-8(3)9(4)17-12/h7H,5-6H2,1-4H3,(H,14,17)(H,15,18). The van der Waals surface area contributed by atoms with Crippen LogP contribution in [0.15, 0.2) is 0 Å². The highest BCUT2D eigenvalue weighted by Gasteiger charge is 2.08. The molecule has 100 valence electrons. The molecule has 1 aromatic rings. The van der Waals surface area contributed by atoms with Gasteiger partial charge in [-0.3, -0.25) is 4.79 Å². The molecule has 0 aliphatic rings. The number of halogens is 1. The zero-order valence-corrected chi connectivity index (χ0v) is 11.9. The summed E-state index contributed by atoms with van der Waals surface area (Å²) < 4.78 is 0. The van der Waals surface area contributed by atoms with Gasteiger partial charge in [0.2, 0.25) is 5.91 Å². The molecular weight excluding hydrogens is 252 g/mol. The molecule has 0 radical (unpaired) electrons. The number of nitrogens with zero attached hydrogens (tertiary/aromatic N) is 2. The van der Waals surface area contributed by atoms with Crippen molar-refractivity contribution in [2.24, 2.45) is 0 Å². The van der Waals surface area contributed by atoms with Gasteiger partial charge < -0.3 is 10.6 Å². The summed E-state index contributed by atoms with van der Waals surface area (Å²) in [6.45, 7) is 8.06. The van der Waals surface area contributed by atoms with Gasteiger partial charge in [0.05, 0.1) is 11.4 Å². The lowest BCUT2D eigenvalue weighted by Crippen LogP contribution is -2.31. The Kier molecular flexibility index (Phi) is 5.34. The van der Waals surface area contributed by atoms with E-state index in [1.807, 2.05) is 27.7 Å². The maximum atomic E-state index is 11.4. The molecule has 0 aliphatic carbocycles. The molecule has 0 saturated heterocycles. The van der Waals surface area contributed by atoms with E-state index >= 15 is 0 Å². The molecule has 6 heteroatoms. The fourth-order valence-electron chi connectivity index (χ4n) is 1.38. The molecule has 0 bridgehead atoms. The minimum atomic E-state index is 0.00501. The molecule has 18 heavy (non-hydrogen) atoms. The van der Waals surface area contributed by atoms with Gasteiger partial charge in [0.15, 0.2) is 11.0 Å². The smallest absolute Gasteiger partial charge is 0.221 e. The molecule has 5 nitrogen and oxygen atoms in total. The quantitative estimate of drug-likeness (QED) is 0.860. The van der Waals surface area contributed by atoms with Crippen molar-refractivity contribution < 1.29 is 4.79 Å². The van der Waals surface area contributed by atoms with Crippen molar-refractivity contribution >= 4 is 23.3 Å². The topological polar surface area (TPSA) is 66.9 Å². The predicted octanol–water partition coefficient (Wildman–Crippen LogP) is 2.07. The normalized spacial score (nSPS) is 10.6. The van der Waals surface area contributed by atoms with Crippen LogP contribution in [0.1, 0.15) is 31.7 Å². The van der Waals surface area contributed by atoms with Crippen LogP contribution >= 0.6 is 11.6 Å². The Morgan fingerprint density at radius 3 is 2.50 bits per heavy atom. The number of carbonyl (C=O) groups excluding carboxylic acids is 1. The lowest BCUT2D eigenvalue weighted by molar-refractivity contribution is -0.121. The van der Waals surface area contributed by atoms with Crippen LogP contribution in [-0.2, 0) is 4.79 Å². The van der Waals surface area contributed by atoms with E-state index in [1.165, 1.54) is 0 Å². The number of anilines is 1. The Morgan fingerprint density at radius 1 is 1.28 bits per heavy atom. The molecule has 2 N–H and O–H groups in total. The van der Waals surface area contributed by atoms with Gasteiger partial charge in [-0.25, -0.2) is 9.97 Å². The van der Waals surface area contributed by atoms with E-state index < -0.39 is 0 Å². The number of aromatic nitrogens is 2. The van der Waals surface area contributed by atoms with Gasteiger partial charge in [0.1, 0.15) is 0 Å². The largest absolute Gasteiger partial charge is 0.367 e. The van der Waals surface area contributed by atoms with E-state index in [-0.39, 0.29) is 11.9 Å². The average molecular weight is 271 g/mol. The molecule has 0 fully saturated rings. The van der Waals surface area contributed by atoms with E-state index in [9.17, 15) is 4.79 Å². The van der Waals surface area contributed by atoms with E-state index in [1.54, 1.807) is 0 Å². The summed E-state index contributed by atoms with van der Waals surface area (Å²) in [6, 6.07) is 0.155. The van der Waals surface area contributed by atoms with E-state index in [0.29, 0.717) is 23.9 Å². The second kappa shape index (κ2) is 6.54. The van der Waals surface area contributed by atoms with Crippen LogP contribution in [0.25, 0.3) is 0 Å². The highest BCUT2D eigenvalue weighted by molar-refractivity contribution is 6.31. The molecule has 0 atom stereocenters. The van der Waals surface area contributed by atoms with Crippen LogP contribution < -0.4 is 10.6 Å². The zero-order valence-electron chi connectivity index (χ0n) is 11.2. The lowest BCUT2D eigenvalue weighted by Gasteiger charge is -2.10. The monoisotopic (exact) mass is 270 g/mol. The van der Waals surface area contributed by atoms with E-state index in [4.69, 9.17) is 11.6 Å². The Labute approximate surface area is 112 Å². The predicted molar refractivity (Wildman–Crippen MR) is 72.9 cm³/mol. The molecule has 1 amide bonds. The Bertz CT molecular complexity index is 434. The maximum Gasteiger partial charge on any atom is 0.221 e. The van der Waals surface area contributed by atoms with Gasteiger partial charge in [-0.2, -0.15) is 0 Å². The Hall–Kier alpha value is -1.36. The molecule has 1 aromatic heterocycles. The molecule has 0 saturated carbocycles. The number of nitrogens with one attached hydrogen (secondary N) is 2. The minimum Gasteiger partial charge on any atom is -0.367 e. The van der Waals surface area contributed by atoms with Crippen LogP contribution in [0, 0.1) is 13.8 Å². The Morgan fingerprint density at radius 2 is 1.89 bits per heavy atom. The van der Waals surface area contributed by atoms with Crippen molar-refractivity contribution in [3.8, 4) is 0 Å². The summed E-state index contributed by atoms with van der Waals surface area (Å²) in [5, 5.41) is 6.17. The third-order valence-electron chi connectivity index (χ3n) is 2.36. The zero-order chi connectivity index (χ0) is 13.7. The summed E-state index contributed by atoms with van der Waals surface area (Å²) in [7, 11) is 0. The SMILES string of the molecule is Cc1nc(Cl)c(NCCC(=O)NC(C)C)nc1C. The molecule has 0 spiro atoms. The number of rotatable bonds is 5. The van der Waals surface area contributed by atoms with Gasteiger partial charge >= 0.3 is 0 Å². The average Bonchev–Trinajstić information content (AvgIpc) is 2.24. The first-order valence-corrected chi connectivity index (χ1v) is 6.32. The molecule has 0 aromatic carbocycles. The minimum absolute atomic E-state index is 0.00501. The second-order valence-electron chi connectivity index (χ2n) is 4.43. The highest BCUT2D eigenvalue weighted by atomic mass is 35.5. The van der Waals surface area contributed by atoms with Crippen molar-refractivity contribution in [3.63, 3.8) is 0 Å². The molecule has 0 unspecified atom stereocenters.